The van der Waals surface area contributed by atoms with E-state index in [1.165, 1.54) is 12.8 Å². The Hall–Kier alpha value is -0.520. The number of aromatic nitrogens is 2. The summed E-state index contributed by atoms with van der Waals surface area (Å²) in [5.41, 5.74) is -0.148. The van der Waals surface area contributed by atoms with Gasteiger partial charge in [0.2, 0.25) is 0 Å². The average Bonchev–Trinajstić information content (AvgIpc) is 3.06. The van der Waals surface area contributed by atoms with Gasteiger partial charge >= 0.3 is 0 Å². The van der Waals surface area contributed by atoms with Crippen molar-refractivity contribution in [3.05, 3.63) is 10.0 Å². The number of ether oxygens (including phenoxy) is 1. The van der Waals surface area contributed by atoms with E-state index in [1.807, 2.05) is 0 Å². The molecule has 0 aliphatic heterocycles. The predicted octanol–water partition coefficient (Wildman–Crippen LogP) is 2.19. The second kappa shape index (κ2) is 6.08. The van der Waals surface area contributed by atoms with Crippen LogP contribution in [0.3, 0.4) is 0 Å². The van der Waals surface area contributed by atoms with Gasteiger partial charge in [0.15, 0.2) is 0 Å². The first-order valence-electron chi connectivity index (χ1n) is 6.69. The number of hydrogen-bond acceptors (Lipinski definition) is 5. The van der Waals surface area contributed by atoms with Crippen LogP contribution in [0, 0.1) is 0 Å². The highest BCUT2D eigenvalue weighted by molar-refractivity contribution is 7.11. The van der Waals surface area contributed by atoms with Crippen molar-refractivity contribution in [1.29, 1.82) is 0 Å². The molecule has 1 heterocycles. The molecule has 102 valence electrons. The minimum Gasteiger partial charge on any atom is -0.378 e. The number of nitrogens with one attached hydrogen (secondary N) is 1. The number of nitrogens with zero attached hydrogens (tertiary/aromatic N) is 2. The largest absolute Gasteiger partial charge is 0.378 e. The highest BCUT2D eigenvalue weighted by Crippen LogP contribution is 2.20. The first-order chi connectivity index (χ1) is 8.59. The summed E-state index contributed by atoms with van der Waals surface area (Å²) in [6.45, 7) is 5.25. The van der Waals surface area contributed by atoms with Gasteiger partial charge in [0.05, 0.1) is 5.60 Å². The maximum atomic E-state index is 5.41. The summed E-state index contributed by atoms with van der Waals surface area (Å²) >= 11 is 1.72. The summed E-state index contributed by atoms with van der Waals surface area (Å²) in [5, 5.41) is 14.2. The SMILES string of the molecule is COC(C)(C)Cc1nnc(CCCNC2CC2)s1. The van der Waals surface area contributed by atoms with Gasteiger partial charge in [0.1, 0.15) is 10.0 Å². The second-order valence-corrected chi connectivity index (χ2v) is 6.71. The Kier molecular flexibility index (Phi) is 4.70. The molecule has 1 aliphatic carbocycles. The van der Waals surface area contributed by atoms with Crippen LogP contribution in [0.15, 0.2) is 0 Å². The van der Waals surface area contributed by atoms with Gasteiger partial charge in [0.25, 0.3) is 0 Å². The quantitative estimate of drug-likeness (QED) is 0.735. The van der Waals surface area contributed by atoms with Crippen LogP contribution in [0.1, 0.15) is 43.1 Å². The predicted molar refractivity (Wildman–Crippen MR) is 74.0 cm³/mol. The minimum absolute atomic E-state index is 0.148. The fourth-order valence-corrected chi connectivity index (χ4v) is 2.83. The maximum absolute atomic E-state index is 5.41. The highest BCUT2D eigenvalue weighted by atomic mass is 32.1. The van der Waals surface area contributed by atoms with E-state index in [0.29, 0.717) is 0 Å². The van der Waals surface area contributed by atoms with E-state index < -0.39 is 0 Å². The van der Waals surface area contributed by atoms with Gasteiger partial charge in [-0.05, 0) is 39.7 Å². The van der Waals surface area contributed by atoms with Gasteiger partial charge in [-0.1, -0.05) is 0 Å². The molecule has 0 bridgehead atoms. The van der Waals surface area contributed by atoms with Crippen LogP contribution >= 0.6 is 11.3 Å². The van der Waals surface area contributed by atoms with Crippen LogP contribution in [0.5, 0.6) is 0 Å². The molecule has 1 aromatic heterocycles. The lowest BCUT2D eigenvalue weighted by Crippen LogP contribution is -2.25. The molecule has 5 heteroatoms. The van der Waals surface area contributed by atoms with Crippen LogP contribution in [-0.4, -0.2) is 35.5 Å². The monoisotopic (exact) mass is 269 g/mol. The Morgan fingerprint density at radius 2 is 2.06 bits per heavy atom. The Bertz CT molecular complexity index is 374. The number of rotatable bonds is 8. The molecule has 4 nitrogen and oxygen atoms in total. The topological polar surface area (TPSA) is 47.0 Å². The van der Waals surface area contributed by atoms with E-state index in [-0.39, 0.29) is 5.60 Å². The van der Waals surface area contributed by atoms with Gasteiger partial charge in [-0.15, -0.1) is 21.5 Å². The molecule has 0 spiro atoms. The molecule has 0 amide bonds. The lowest BCUT2D eigenvalue weighted by molar-refractivity contribution is 0.0230. The van der Waals surface area contributed by atoms with Crippen molar-refractivity contribution in [2.75, 3.05) is 13.7 Å². The summed E-state index contributed by atoms with van der Waals surface area (Å²) in [4.78, 5) is 0. The third-order valence-corrected chi connectivity index (χ3v) is 4.20. The molecule has 0 aromatic carbocycles. The van der Waals surface area contributed by atoms with Crippen molar-refractivity contribution in [1.82, 2.24) is 15.5 Å². The number of aryl methyl sites for hydroxylation is 1. The zero-order chi connectivity index (χ0) is 13.0. The molecule has 0 radical (unpaired) electrons. The molecule has 0 saturated heterocycles. The van der Waals surface area contributed by atoms with Crippen LogP contribution in [0.2, 0.25) is 0 Å². The van der Waals surface area contributed by atoms with Crippen LogP contribution < -0.4 is 5.32 Å². The van der Waals surface area contributed by atoms with Crippen molar-refractivity contribution in [3.8, 4) is 0 Å². The Morgan fingerprint density at radius 3 is 2.72 bits per heavy atom. The summed E-state index contributed by atoms with van der Waals surface area (Å²) in [5.74, 6) is 0. The molecule has 0 atom stereocenters. The van der Waals surface area contributed by atoms with Crippen molar-refractivity contribution in [2.24, 2.45) is 0 Å². The van der Waals surface area contributed by atoms with Crippen molar-refractivity contribution >= 4 is 11.3 Å². The third-order valence-electron chi connectivity index (χ3n) is 3.22. The second-order valence-electron chi connectivity index (χ2n) is 5.56. The summed E-state index contributed by atoms with van der Waals surface area (Å²) in [7, 11) is 1.74. The molecule has 2 rings (SSSR count). The molecule has 18 heavy (non-hydrogen) atoms. The standard InChI is InChI=1S/C13H23N3OS/c1-13(2,17-3)9-12-16-15-11(18-12)5-4-8-14-10-6-7-10/h10,14H,4-9H2,1-3H3. The van der Waals surface area contributed by atoms with E-state index in [9.17, 15) is 0 Å². The first kappa shape index (κ1) is 13.9. The van der Waals surface area contributed by atoms with E-state index >= 15 is 0 Å². The van der Waals surface area contributed by atoms with Crippen molar-refractivity contribution in [2.45, 2.75) is 57.6 Å². The Morgan fingerprint density at radius 1 is 1.33 bits per heavy atom. The van der Waals surface area contributed by atoms with Gasteiger partial charge in [-0.2, -0.15) is 0 Å². The Labute approximate surface area is 113 Å². The third kappa shape index (κ3) is 4.63. The summed E-state index contributed by atoms with van der Waals surface area (Å²) in [6.07, 6.45) is 5.73. The molecule has 1 fully saturated rings. The fourth-order valence-electron chi connectivity index (χ4n) is 1.73. The average molecular weight is 269 g/mol. The fraction of sp³-hybridized carbons (Fsp3) is 0.846. The van der Waals surface area contributed by atoms with Gasteiger partial charge in [-0.3, -0.25) is 0 Å². The highest BCUT2D eigenvalue weighted by Gasteiger charge is 2.21. The zero-order valence-electron chi connectivity index (χ0n) is 11.5. The Balaban J connectivity index is 1.71. The summed E-state index contributed by atoms with van der Waals surface area (Å²) in [6, 6.07) is 0.803. The minimum atomic E-state index is -0.148. The van der Waals surface area contributed by atoms with E-state index in [1.54, 1.807) is 18.4 Å². The molecule has 1 saturated carbocycles. The van der Waals surface area contributed by atoms with Crippen molar-refractivity contribution < 1.29 is 4.74 Å². The van der Waals surface area contributed by atoms with Crippen LogP contribution in [-0.2, 0) is 17.6 Å². The summed E-state index contributed by atoms with van der Waals surface area (Å²) < 4.78 is 5.41. The smallest absolute Gasteiger partial charge is 0.120 e. The van der Waals surface area contributed by atoms with Crippen LogP contribution in [0.4, 0.5) is 0 Å². The number of hydrogen-bond donors (Lipinski definition) is 1. The maximum Gasteiger partial charge on any atom is 0.120 e. The van der Waals surface area contributed by atoms with E-state index in [0.717, 1.165) is 41.9 Å². The molecule has 1 aromatic rings. The van der Waals surface area contributed by atoms with E-state index in [2.05, 4.69) is 29.4 Å². The zero-order valence-corrected chi connectivity index (χ0v) is 12.3. The molecule has 0 unspecified atom stereocenters. The van der Waals surface area contributed by atoms with Crippen LogP contribution in [0.25, 0.3) is 0 Å². The molecular formula is C13H23N3OS. The number of methoxy groups -OCH3 is 1. The molecule has 1 aliphatic rings. The lowest BCUT2D eigenvalue weighted by atomic mass is 10.1. The lowest BCUT2D eigenvalue weighted by Gasteiger charge is -2.20. The first-order valence-corrected chi connectivity index (χ1v) is 7.50. The normalized spacial score (nSPS) is 16.2. The van der Waals surface area contributed by atoms with Gasteiger partial charge in [-0.25, -0.2) is 0 Å². The molecular weight excluding hydrogens is 246 g/mol. The van der Waals surface area contributed by atoms with Gasteiger partial charge < -0.3 is 10.1 Å². The van der Waals surface area contributed by atoms with Crippen molar-refractivity contribution in [3.63, 3.8) is 0 Å². The molecule has 1 N–H and O–H groups in total. The van der Waals surface area contributed by atoms with E-state index in [4.69, 9.17) is 4.74 Å². The van der Waals surface area contributed by atoms with Gasteiger partial charge in [0, 0.05) is 26.0 Å².